The highest BCUT2D eigenvalue weighted by molar-refractivity contribution is 5.97. The number of nitrogens with one attached hydrogen (secondary N) is 1. The van der Waals surface area contributed by atoms with E-state index in [-0.39, 0.29) is 5.76 Å². The molecule has 0 bridgehead atoms. The lowest BCUT2D eigenvalue weighted by molar-refractivity contribution is -0.123. The van der Waals surface area contributed by atoms with Crippen LogP contribution in [-0.4, -0.2) is 30.2 Å². The van der Waals surface area contributed by atoms with Crippen LogP contribution >= 0.6 is 0 Å². The highest BCUT2D eigenvalue weighted by Crippen LogP contribution is 2.25. The van der Waals surface area contributed by atoms with Crippen molar-refractivity contribution in [3.63, 3.8) is 0 Å². The van der Waals surface area contributed by atoms with Crippen LogP contribution in [0.15, 0.2) is 28.8 Å². The molecule has 0 aliphatic heterocycles. The number of rotatable bonds is 5. The van der Waals surface area contributed by atoms with Gasteiger partial charge in [0.25, 0.3) is 5.91 Å². The first-order chi connectivity index (χ1) is 10.9. The number of hydrogen-bond acceptors (Lipinski definition) is 6. The summed E-state index contributed by atoms with van der Waals surface area (Å²) in [5, 5.41) is 6.27. The van der Waals surface area contributed by atoms with Crippen molar-refractivity contribution in [1.82, 2.24) is 5.16 Å². The normalized spacial score (nSPS) is 11.7. The number of anilines is 1. The SMILES string of the molecule is COc1ccc(C)cc1NC(=O)[C@@H](C)OC(=O)c1cc(C)no1. The second kappa shape index (κ2) is 6.95. The first-order valence-electron chi connectivity index (χ1n) is 7.00. The highest BCUT2D eigenvalue weighted by atomic mass is 16.6. The van der Waals surface area contributed by atoms with Gasteiger partial charge in [0.2, 0.25) is 5.76 Å². The van der Waals surface area contributed by atoms with Gasteiger partial charge in [0.1, 0.15) is 5.75 Å². The van der Waals surface area contributed by atoms with Crippen molar-refractivity contribution in [2.24, 2.45) is 0 Å². The van der Waals surface area contributed by atoms with E-state index in [0.29, 0.717) is 17.1 Å². The Morgan fingerprint density at radius 3 is 2.61 bits per heavy atom. The summed E-state index contributed by atoms with van der Waals surface area (Å²) in [7, 11) is 1.51. The third-order valence-corrected chi connectivity index (χ3v) is 3.10. The van der Waals surface area contributed by atoms with Gasteiger partial charge in [0.05, 0.1) is 18.5 Å². The predicted octanol–water partition coefficient (Wildman–Crippen LogP) is 2.48. The molecule has 122 valence electrons. The Morgan fingerprint density at radius 2 is 2.00 bits per heavy atom. The number of methoxy groups -OCH3 is 1. The second-order valence-corrected chi connectivity index (χ2v) is 5.07. The lowest BCUT2D eigenvalue weighted by Crippen LogP contribution is -2.30. The van der Waals surface area contributed by atoms with Gasteiger partial charge in [-0.05, 0) is 38.5 Å². The van der Waals surface area contributed by atoms with Crippen LogP contribution in [0.25, 0.3) is 0 Å². The van der Waals surface area contributed by atoms with Gasteiger partial charge in [-0.1, -0.05) is 11.2 Å². The Hall–Kier alpha value is -2.83. The first kappa shape index (κ1) is 16.5. The smallest absolute Gasteiger partial charge is 0.377 e. The number of aromatic nitrogens is 1. The Labute approximate surface area is 133 Å². The quantitative estimate of drug-likeness (QED) is 0.852. The minimum absolute atomic E-state index is 0.0460. The molecule has 2 rings (SSSR count). The zero-order chi connectivity index (χ0) is 17.0. The predicted molar refractivity (Wildman–Crippen MR) is 82.5 cm³/mol. The number of benzene rings is 1. The fourth-order valence-corrected chi connectivity index (χ4v) is 1.89. The summed E-state index contributed by atoms with van der Waals surface area (Å²) >= 11 is 0. The van der Waals surface area contributed by atoms with Crippen molar-refractivity contribution >= 4 is 17.6 Å². The molecular weight excluding hydrogens is 300 g/mol. The summed E-state index contributed by atoms with van der Waals surface area (Å²) < 4.78 is 15.1. The molecule has 23 heavy (non-hydrogen) atoms. The third-order valence-electron chi connectivity index (χ3n) is 3.10. The fraction of sp³-hybridized carbons (Fsp3) is 0.312. The molecule has 0 fully saturated rings. The molecule has 0 radical (unpaired) electrons. The molecule has 1 aromatic carbocycles. The number of nitrogens with zero attached hydrogens (tertiary/aromatic N) is 1. The van der Waals surface area contributed by atoms with Crippen LogP contribution in [-0.2, 0) is 9.53 Å². The number of esters is 1. The van der Waals surface area contributed by atoms with Gasteiger partial charge in [0.15, 0.2) is 6.10 Å². The van der Waals surface area contributed by atoms with Crippen molar-refractivity contribution in [2.75, 3.05) is 12.4 Å². The summed E-state index contributed by atoms with van der Waals surface area (Å²) in [5.74, 6) is -0.744. The van der Waals surface area contributed by atoms with Crippen LogP contribution in [0.4, 0.5) is 5.69 Å². The molecule has 0 saturated carbocycles. The minimum atomic E-state index is -1.00. The average Bonchev–Trinajstić information content (AvgIpc) is 2.94. The molecule has 1 N–H and O–H groups in total. The second-order valence-electron chi connectivity index (χ2n) is 5.07. The van der Waals surface area contributed by atoms with Crippen LogP contribution in [0.1, 0.15) is 28.7 Å². The third kappa shape index (κ3) is 4.09. The number of carbonyl (C=O) groups excluding carboxylic acids is 2. The Balaban J connectivity index is 2.03. The van der Waals surface area contributed by atoms with Crippen molar-refractivity contribution < 1.29 is 23.6 Å². The van der Waals surface area contributed by atoms with Crippen LogP contribution in [0.2, 0.25) is 0 Å². The van der Waals surface area contributed by atoms with Crippen molar-refractivity contribution in [3.8, 4) is 5.75 Å². The number of hydrogen-bond donors (Lipinski definition) is 1. The van der Waals surface area contributed by atoms with E-state index in [9.17, 15) is 9.59 Å². The molecule has 1 aromatic heterocycles. The van der Waals surface area contributed by atoms with E-state index in [1.165, 1.54) is 20.1 Å². The lowest BCUT2D eigenvalue weighted by Gasteiger charge is -2.15. The van der Waals surface area contributed by atoms with E-state index < -0.39 is 18.0 Å². The summed E-state index contributed by atoms with van der Waals surface area (Å²) in [4.78, 5) is 24.0. The molecule has 0 aliphatic rings. The molecule has 0 saturated heterocycles. The molecule has 2 aromatic rings. The van der Waals surface area contributed by atoms with Crippen molar-refractivity contribution in [2.45, 2.75) is 26.9 Å². The maximum absolute atomic E-state index is 12.2. The summed E-state index contributed by atoms with van der Waals surface area (Å²) in [6.45, 7) is 5.05. The lowest BCUT2D eigenvalue weighted by atomic mass is 10.2. The van der Waals surface area contributed by atoms with Gasteiger partial charge >= 0.3 is 5.97 Å². The first-order valence-corrected chi connectivity index (χ1v) is 7.00. The molecule has 1 heterocycles. The molecule has 1 atom stereocenters. The van der Waals surface area contributed by atoms with E-state index in [4.69, 9.17) is 14.0 Å². The Bertz CT molecular complexity index is 723. The summed E-state index contributed by atoms with van der Waals surface area (Å²) in [5.41, 5.74) is 2.03. The summed E-state index contributed by atoms with van der Waals surface area (Å²) in [6.07, 6.45) is -1.00. The van der Waals surface area contributed by atoms with Crippen LogP contribution in [0, 0.1) is 13.8 Å². The molecule has 0 aliphatic carbocycles. The van der Waals surface area contributed by atoms with Crippen molar-refractivity contribution in [1.29, 1.82) is 0 Å². The molecular formula is C16H18N2O5. The van der Waals surface area contributed by atoms with E-state index >= 15 is 0 Å². The van der Waals surface area contributed by atoms with E-state index in [1.54, 1.807) is 19.1 Å². The van der Waals surface area contributed by atoms with Crippen LogP contribution in [0.5, 0.6) is 5.75 Å². The maximum Gasteiger partial charge on any atom is 0.377 e. The molecule has 1 amide bonds. The molecule has 0 spiro atoms. The molecule has 7 heteroatoms. The zero-order valence-corrected chi connectivity index (χ0v) is 13.4. The monoisotopic (exact) mass is 318 g/mol. The standard InChI is InChI=1S/C16H18N2O5/c1-9-5-6-13(21-4)12(7-9)17-15(19)11(3)22-16(20)14-8-10(2)18-23-14/h5-8,11H,1-4H3,(H,17,19)/t11-/m1/s1. The van der Waals surface area contributed by atoms with Gasteiger partial charge in [-0.2, -0.15) is 0 Å². The highest BCUT2D eigenvalue weighted by Gasteiger charge is 2.22. The molecule has 0 unspecified atom stereocenters. The van der Waals surface area contributed by atoms with Gasteiger partial charge in [0, 0.05) is 6.07 Å². The Morgan fingerprint density at radius 1 is 1.26 bits per heavy atom. The van der Waals surface area contributed by atoms with Gasteiger partial charge < -0.3 is 19.3 Å². The van der Waals surface area contributed by atoms with E-state index in [0.717, 1.165) is 5.56 Å². The van der Waals surface area contributed by atoms with Crippen molar-refractivity contribution in [3.05, 3.63) is 41.3 Å². The van der Waals surface area contributed by atoms with Gasteiger partial charge in [-0.25, -0.2) is 4.79 Å². The van der Waals surface area contributed by atoms with Gasteiger partial charge in [-0.3, -0.25) is 4.79 Å². The minimum Gasteiger partial charge on any atom is -0.495 e. The summed E-state index contributed by atoms with van der Waals surface area (Å²) in [6, 6.07) is 6.82. The van der Waals surface area contributed by atoms with Gasteiger partial charge in [-0.15, -0.1) is 0 Å². The molecule has 7 nitrogen and oxygen atoms in total. The zero-order valence-electron chi connectivity index (χ0n) is 13.4. The largest absolute Gasteiger partial charge is 0.495 e. The Kier molecular flexibility index (Phi) is 5.00. The fourth-order valence-electron chi connectivity index (χ4n) is 1.89. The van der Waals surface area contributed by atoms with E-state index in [1.807, 2.05) is 13.0 Å². The number of carbonyl (C=O) groups is 2. The van der Waals surface area contributed by atoms with Crippen LogP contribution in [0.3, 0.4) is 0 Å². The van der Waals surface area contributed by atoms with E-state index in [2.05, 4.69) is 10.5 Å². The number of aryl methyl sites for hydroxylation is 2. The maximum atomic E-state index is 12.2. The van der Waals surface area contributed by atoms with Crippen LogP contribution < -0.4 is 10.1 Å². The topological polar surface area (TPSA) is 90.7 Å². The number of ether oxygens (including phenoxy) is 2. The number of amides is 1. The average molecular weight is 318 g/mol.